The highest BCUT2D eigenvalue weighted by molar-refractivity contribution is 5.33. The number of benzene rings is 1. The van der Waals surface area contributed by atoms with Crippen LogP contribution in [0.15, 0.2) is 18.2 Å². The second-order valence-corrected chi connectivity index (χ2v) is 4.86. The molecule has 1 aromatic carbocycles. The van der Waals surface area contributed by atoms with Gasteiger partial charge in [0.2, 0.25) is 0 Å². The van der Waals surface area contributed by atoms with Gasteiger partial charge in [0, 0.05) is 18.7 Å². The number of hydrogen-bond donors (Lipinski definition) is 1. The van der Waals surface area contributed by atoms with Crippen LogP contribution in [0.25, 0.3) is 0 Å². The quantitative estimate of drug-likeness (QED) is 0.891. The van der Waals surface area contributed by atoms with Gasteiger partial charge in [-0.2, -0.15) is 0 Å². The lowest BCUT2D eigenvalue weighted by Gasteiger charge is -2.31. The van der Waals surface area contributed by atoms with Crippen molar-refractivity contribution in [1.82, 2.24) is 4.90 Å². The van der Waals surface area contributed by atoms with Crippen molar-refractivity contribution in [2.24, 2.45) is 5.92 Å². The molecule has 0 spiro atoms. The summed E-state index contributed by atoms with van der Waals surface area (Å²) in [6.07, 6.45) is 2.02. The molecule has 0 amide bonds. The summed E-state index contributed by atoms with van der Waals surface area (Å²) in [5.74, 6) is 0.937. The number of hydrogen-bond acceptors (Lipinski definition) is 3. The normalized spacial score (nSPS) is 17.9. The second kappa shape index (κ2) is 6.16. The Morgan fingerprint density at radius 2 is 2.11 bits per heavy atom. The summed E-state index contributed by atoms with van der Waals surface area (Å²) in [6, 6.07) is 4.63. The molecule has 1 fully saturated rings. The van der Waals surface area contributed by atoms with Crippen molar-refractivity contribution >= 4 is 0 Å². The zero-order valence-corrected chi connectivity index (χ0v) is 10.7. The zero-order valence-electron chi connectivity index (χ0n) is 10.7. The Morgan fingerprint density at radius 1 is 1.39 bits per heavy atom. The van der Waals surface area contributed by atoms with E-state index < -0.39 is 0 Å². The fourth-order valence-corrected chi connectivity index (χ4v) is 2.44. The molecule has 4 heteroatoms. The summed E-state index contributed by atoms with van der Waals surface area (Å²) in [6.45, 7) is 2.88. The molecule has 18 heavy (non-hydrogen) atoms. The van der Waals surface area contributed by atoms with Crippen molar-refractivity contribution in [3.05, 3.63) is 29.6 Å². The third-order valence-electron chi connectivity index (χ3n) is 3.60. The zero-order chi connectivity index (χ0) is 13.0. The minimum absolute atomic E-state index is 0.226. The topological polar surface area (TPSA) is 32.7 Å². The van der Waals surface area contributed by atoms with Gasteiger partial charge in [-0.05, 0) is 50.0 Å². The Balaban J connectivity index is 1.99. The number of methoxy groups -OCH3 is 1. The third kappa shape index (κ3) is 3.21. The van der Waals surface area contributed by atoms with Gasteiger partial charge in [-0.15, -0.1) is 0 Å². The van der Waals surface area contributed by atoms with Crippen molar-refractivity contribution in [2.45, 2.75) is 19.4 Å². The van der Waals surface area contributed by atoms with Crippen molar-refractivity contribution in [2.75, 3.05) is 26.8 Å². The van der Waals surface area contributed by atoms with Crippen LogP contribution in [0.5, 0.6) is 5.75 Å². The molecule has 1 heterocycles. The first-order valence-electron chi connectivity index (χ1n) is 6.38. The lowest BCUT2D eigenvalue weighted by molar-refractivity contribution is 0.126. The first kappa shape index (κ1) is 13.3. The van der Waals surface area contributed by atoms with Gasteiger partial charge in [0.1, 0.15) is 11.6 Å². The van der Waals surface area contributed by atoms with Gasteiger partial charge in [0.15, 0.2) is 0 Å². The van der Waals surface area contributed by atoms with Gasteiger partial charge in [-0.3, -0.25) is 4.90 Å². The number of nitrogens with zero attached hydrogens (tertiary/aromatic N) is 1. The summed E-state index contributed by atoms with van der Waals surface area (Å²) in [7, 11) is 1.61. The van der Waals surface area contributed by atoms with E-state index >= 15 is 0 Å². The van der Waals surface area contributed by atoms with E-state index in [1.807, 2.05) is 0 Å². The van der Waals surface area contributed by atoms with E-state index in [9.17, 15) is 4.39 Å². The van der Waals surface area contributed by atoms with Crippen LogP contribution in [0.1, 0.15) is 18.4 Å². The number of likely N-dealkylation sites (tertiary alicyclic amines) is 1. The number of piperidine rings is 1. The maximum atomic E-state index is 13.2. The van der Waals surface area contributed by atoms with E-state index in [2.05, 4.69) is 4.90 Å². The Labute approximate surface area is 107 Å². The molecule has 0 aromatic heterocycles. The van der Waals surface area contributed by atoms with E-state index in [-0.39, 0.29) is 12.4 Å². The van der Waals surface area contributed by atoms with Gasteiger partial charge in [-0.25, -0.2) is 4.39 Å². The molecular formula is C14H20FNO2. The third-order valence-corrected chi connectivity index (χ3v) is 3.60. The number of aliphatic hydroxyl groups is 1. The summed E-state index contributed by atoms with van der Waals surface area (Å²) in [5.41, 5.74) is 0.889. The molecule has 0 bridgehead atoms. The van der Waals surface area contributed by atoms with Crippen LogP contribution < -0.4 is 4.74 Å². The van der Waals surface area contributed by atoms with Crippen LogP contribution in [0.4, 0.5) is 4.39 Å². The average Bonchev–Trinajstić information content (AvgIpc) is 2.40. The molecule has 0 aliphatic carbocycles. The highest BCUT2D eigenvalue weighted by Gasteiger charge is 2.19. The highest BCUT2D eigenvalue weighted by atomic mass is 19.1. The molecule has 0 unspecified atom stereocenters. The molecule has 1 N–H and O–H groups in total. The van der Waals surface area contributed by atoms with E-state index in [1.165, 1.54) is 12.1 Å². The lowest BCUT2D eigenvalue weighted by atomic mass is 9.97. The molecule has 1 saturated heterocycles. The smallest absolute Gasteiger partial charge is 0.123 e. The van der Waals surface area contributed by atoms with Crippen LogP contribution in [0.3, 0.4) is 0 Å². The van der Waals surface area contributed by atoms with Crippen LogP contribution in [0, 0.1) is 11.7 Å². The number of aliphatic hydroxyl groups excluding tert-OH is 1. The average molecular weight is 253 g/mol. The Bertz CT molecular complexity index is 389. The van der Waals surface area contributed by atoms with Crippen molar-refractivity contribution in [1.29, 1.82) is 0 Å². The van der Waals surface area contributed by atoms with Crippen molar-refractivity contribution in [3.8, 4) is 5.75 Å². The lowest BCUT2D eigenvalue weighted by Crippen LogP contribution is -2.34. The minimum Gasteiger partial charge on any atom is -0.496 e. The second-order valence-electron chi connectivity index (χ2n) is 4.86. The monoisotopic (exact) mass is 253 g/mol. The highest BCUT2D eigenvalue weighted by Crippen LogP contribution is 2.24. The summed E-state index contributed by atoms with van der Waals surface area (Å²) in [5, 5.41) is 9.10. The number of halogens is 1. The predicted octanol–water partition coefficient (Wildman–Crippen LogP) is 2.04. The molecule has 1 aromatic rings. The standard InChI is InChI=1S/C14H20FNO2/c1-18-14-3-2-13(15)8-12(14)9-16-6-4-11(10-17)5-7-16/h2-3,8,11,17H,4-7,9-10H2,1H3. The van der Waals surface area contributed by atoms with Crippen LogP contribution in [0.2, 0.25) is 0 Å². The van der Waals surface area contributed by atoms with Gasteiger partial charge in [-0.1, -0.05) is 0 Å². The van der Waals surface area contributed by atoms with E-state index in [1.54, 1.807) is 13.2 Å². The molecule has 1 aliphatic rings. The Morgan fingerprint density at radius 3 is 2.72 bits per heavy atom. The van der Waals surface area contributed by atoms with E-state index in [0.29, 0.717) is 12.5 Å². The van der Waals surface area contributed by atoms with E-state index in [0.717, 1.165) is 37.2 Å². The summed E-state index contributed by atoms with van der Waals surface area (Å²) < 4.78 is 18.5. The first-order chi connectivity index (χ1) is 8.72. The first-order valence-corrected chi connectivity index (χ1v) is 6.38. The van der Waals surface area contributed by atoms with Crippen LogP contribution >= 0.6 is 0 Å². The SMILES string of the molecule is COc1ccc(F)cc1CN1CCC(CO)CC1. The van der Waals surface area contributed by atoms with E-state index in [4.69, 9.17) is 9.84 Å². The molecule has 100 valence electrons. The molecule has 2 rings (SSSR count). The van der Waals surface area contributed by atoms with Gasteiger partial charge < -0.3 is 9.84 Å². The number of rotatable bonds is 4. The van der Waals surface area contributed by atoms with Gasteiger partial charge in [0.25, 0.3) is 0 Å². The van der Waals surface area contributed by atoms with Crippen molar-refractivity contribution < 1.29 is 14.2 Å². The molecule has 0 radical (unpaired) electrons. The van der Waals surface area contributed by atoms with Crippen LogP contribution in [-0.2, 0) is 6.54 Å². The molecule has 1 aliphatic heterocycles. The Kier molecular flexibility index (Phi) is 4.55. The predicted molar refractivity (Wildman–Crippen MR) is 68.0 cm³/mol. The minimum atomic E-state index is -0.226. The van der Waals surface area contributed by atoms with Crippen LogP contribution in [-0.4, -0.2) is 36.8 Å². The maximum absolute atomic E-state index is 13.2. The molecular weight excluding hydrogens is 233 g/mol. The Hall–Kier alpha value is -1.13. The number of ether oxygens (including phenoxy) is 1. The van der Waals surface area contributed by atoms with Gasteiger partial charge in [0.05, 0.1) is 7.11 Å². The summed E-state index contributed by atoms with van der Waals surface area (Å²) >= 11 is 0. The largest absolute Gasteiger partial charge is 0.496 e. The van der Waals surface area contributed by atoms with Gasteiger partial charge >= 0.3 is 0 Å². The maximum Gasteiger partial charge on any atom is 0.123 e. The molecule has 3 nitrogen and oxygen atoms in total. The molecule has 0 saturated carbocycles. The molecule has 0 atom stereocenters. The van der Waals surface area contributed by atoms with Crippen molar-refractivity contribution in [3.63, 3.8) is 0 Å². The summed E-state index contributed by atoms with van der Waals surface area (Å²) in [4.78, 5) is 2.28. The fourth-order valence-electron chi connectivity index (χ4n) is 2.44. The fraction of sp³-hybridized carbons (Fsp3) is 0.571.